The largest absolute Gasteiger partial charge is 0.573 e. The van der Waals surface area contributed by atoms with E-state index in [0.29, 0.717) is 6.20 Å². The fourth-order valence-electron chi connectivity index (χ4n) is 1.18. The van der Waals surface area contributed by atoms with Gasteiger partial charge in [-0.15, -0.1) is 13.2 Å². The summed E-state index contributed by atoms with van der Waals surface area (Å²) in [6.07, 6.45) is -4.42. The molecule has 1 N–H and O–H groups in total. The van der Waals surface area contributed by atoms with Crippen LogP contribution in [0.1, 0.15) is 16.1 Å². The Morgan fingerprint density at radius 1 is 1.44 bits per heavy atom. The van der Waals surface area contributed by atoms with Gasteiger partial charge in [-0.1, -0.05) is 0 Å². The maximum Gasteiger partial charge on any atom is 0.573 e. The molecule has 0 amide bonds. The van der Waals surface area contributed by atoms with Crippen LogP contribution >= 0.6 is 0 Å². The molecule has 0 bridgehead atoms. The first-order valence-electron chi connectivity index (χ1n) is 4.41. The minimum absolute atomic E-state index is 0.658. The molecule has 0 aliphatic rings. The van der Waals surface area contributed by atoms with E-state index in [9.17, 15) is 22.4 Å². The zero-order chi connectivity index (χ0) is 13.9. The molecule has 0 aliphatic heterocycles. The predicted octanol–water partition coefficient (Wildman–Crippen LogP) is 2.16. The highest BCUT2D eigenvalue weighted by atomic mass is 19.4. The first kappa shape index (κ1) is 14.0. The molecule has 0 unspecified atom stereocenters. The lowest BCUT2D eigenvalue weighted by molar-refractivity contribution is -0.275. The van der Waals surface area contributed by atoms with Gasteiger partial charge < -0.3 is 14.6 Å². The Bertz CT molecular complexity index is 461. The van der Waals surface area contributed by atoms with Crippen molar-refractivity contribution in [1.29, 1.82) is 0 Å². The van der Waals surface area contributed by atoms with Gasteiger partial charge in [0.1, 0.15) is 17.9 Å². The normalized spacial score (nSPS) is 11.2. The maximum absolute atomic E-state index is 12.5. The standard InChI is InChI=1S/C9H7F4NO4/c1-17-6-4(8(15)16)3-14-5(2-10)7(6)18-9(11,12)13/h3H,2H2,1H3,(H,15,16). The number of rotatable bonds is 4. The molecule has 1 aromatic rings. The summed E-state index contributed by atoms with van der Waals surface area (Å²) in [4.78, 5) is 14.0. The lowest BCUT2D eigenvalue weighted by atomic mass is 10.2. The molecule has 0 radical (unpaired) electrons. The summed E-state index contributed by atoms with van der Waals surface area (Å²) in [5, 5.41) is 8.73. The SMILES string of the molecule is COc1c(C(=O)O)cnc(CF)c1OC(F)(F)F. The summed E-state index contributed by atoms with van der Waals surface area (Å²) in [5.41, 5.74) is -1.36. The Morgan fingerprint density at radius 2 is 2.06 bits per heavy atom. The molecule has 0 aromatic carbocycles. The van der Waals surface area contributed by atoms with Crippen molar-refractivity contribution in [2.24, 2.45) is 0 Å². The Labute approximate surface area is 98.0 Å². The van der Waals surface area contributed by atoms with Crippen molar-refractivity contribution in [3.05, 3.63) is 17.5 Å². The molecule has 0 atom stereocenters. The highest BCUT2D eigenvalue weighted by Gasteiger charge is 2.35. The van der Waals surface area contributed by atoms with Crippen molar-refractivity contribution >= 4 is 5.97 Å². The number of ether oxygens (including phenoxy) is 2. The van der Waals surface area contributed by atoms with Gasteiger partial charge in [0.25, 0.3) is 0 Å². The van der Waals surface area contributed by atoms with E-state index < -0.39 is 41.8 Å². The van der Waals surface area contributed by atoms with E-state index >= 15 is 0 Å². The highest BCUT2D eigenvalue weighted by Crippen LogP contribution is 2.37. The molecule has 0 fully saturated rings. The minimum atomic E-state index is -5.12. The zero-order valence-electron chi connectivity index (χ0n) is 8.92. The number of carbonyl (C=O) groups is 1. The topological polar surface area (TPSA) is 68.7 Å². The number of methoxy groups -OCH3 is 1. The predicted molar refractivity (Wildman–Crippen MR) is 49.2 cm³/mol. The smallest absolute Gasteiger partial charge is 0.492 e. The average Bonchev–Trinajstić information content (AvgIpc) is 2.26. The Hall–Kier alpha value is -2.06. The van der Waals surface area contributed by atoms with Crippen LogP contribution in [0.5, 0.6) is 11.5 Å². The first-order valence-corrected chi connectivity index (χ1v) is 4.41. The van der Waals surface area contributed by atoms with Crippen LogP contribution < -0.4 is 9.47 Å². The van der Waals surface area contributed by atoms with Gasteiger partial charge in [0, 0.05) is 6.20 Å². The van der Waals surface area contributed by atoms with Crippen molar-refractivity contribution in [3.8, 4) is 11.5 Å². The van der Waals surface area contributed by atoms with Crippen LogP contribution in [-0.4, -0.2) is 29.5 Å². The van der Waals surface area contributed by atoms with Crippen molar-refractivity contribution in [2.75, 3.05) is 7.11 Å². The van der Waals surface area contributed by atoms with Crippen molar-refractivity contribution in [2.45, 2.75) is 13.0 Å². The van der Waals surface area contributed by atoms with Crippen LogP contribution in [0, 0.1) is 0 Å². The van der Waals surface area contributed by atoms with Crippen molar-refractivity contribution in [1.82, 2.24) is 4.98 Å². The van der Waals surface area contributed by atoms with Crippen molar-refractivity contribution in [3.63, 3.8) is 0 Å². The van der Waals surface area contributed by atoms with Crippen LogP contribution in [0.3, 0.4) is 0 Å². The van der Waals surface area contributed by atoms with Crippen LogP contribution in [0.2, 0.25) is 0 Å². The number of aromatic carboxylic acids is 1. The summed E-state index contributed by atoms with van der Waals surface area (Å²) in [5.74, 6) is -3.40. The zero-order valence-corrected chi connectivity index (χ0v) is 8.92. The number of carboxylic acid groups (broad SMARTS) is 1. The van der Waals surface area contributed by atoms with Gasteiger partial charge in [0.05, 0.1) is 7.11 Å². The lowest BCUT2D eigenvalue weighted by Gasteiger charge is -2.15. The molecule has 1 rings (SSSR count). The molecule has 0 spiro atoms. The number of nitrogens with zero attached hydrogens (tertiary/aromatic N) is 1. The summed E-state index contributed by atoms with van der Waals surface area (Å²) < 4.78 is 57.0. The fraction of sp³-hybridized carbons (Fsp3) is 0.333. The van der Waals surface area contributed by atoms with E-state index in [0.717, 1.165) is 7.11 Å². The van der Waals surface area contributed by atoms with E-state index in [1.165, 1.54) is 0 Å². The van der Waals surface area contributed by atoms with Crippen LogP contribution in [0.25, 0.3) is 0 Å². The van der Waals surface area contributed by atoms with Gasteiger partial charge in [0.15, 0.2) is 11.5 Å². The van der Waals surface area contributed by atoms with Gasteiger partial charge in [0.2, 0.25) is 0 Å². The minimum Gasteiger partial charge on any atom is -0.492 e. The van der Waals surface area contributed by atoms with Gasteiger partial charge >= 0.3 is 12.3 Å². The Balaban J connectivity index is 3.41. The maximum atomic E-state index is 12.5. The third-order valence-electron chi connectivity index (χ3n) is 1.84. The number of alkyl halides is 4. The number of halogens is 4. The van der Waals surface area contributed by atoms with Gasteiger partial charge in [-0.25, -0.2) is 9.18 Å². The lowest BCUT2D eigenvalue weighted by Crippen LogP contribution is -2.20. The second kappa shape index (κ2) is 5.07. The van der Waals surface area contributed by atoms with Gasteiger partial charge in [-0.2, -0.15) is 0 Å². The van der Waals surface area contributed by atoms with E-state index in [-0.39, 0.29) is 0 Å². The molecule has 0 saturated heterocycles. The van der Waals surface area contributed by atoms with Crippen LogP contribution in [-0.2, 0) is 6.67 Å². The number of carboxylic acids is 1. The molecular weight excluding hydrogens is 262 g/mol. The summed E-state index contributed by atoms with van der Waals surface area (Å²) in [7, 11) is 0.938. The Kier molecular flexibility index (Phi) is 3.94. The molecule has 18 heavy (non-hydrogen) atoms. The van der Waals surface area contributed by atoms with E-state index in [1.54, 1.807) is 0 Å². The molecule has 0 saturated carbocycles. The number of hydrogen-bond donors (Lipinski definition) is 1. The molecular formula is C9H7F4NO4. The van der Waals surface area contributed by atoms with E-state index in [2.05, 4.69) is 14.5 Å². The van der Waals surface area contributed by atoms with Crippen LogP contribution in [0.15, 0.2) is 6.20 Å². The second-order valence-electron chi connectivity index (χ2n) is 2.97. The molecule has 5 nitrogen and oxygen atoms in total. The molecule has 1 aromatic heterocycles. The highest BCUT2D eigenvalue weighted by molar-refractivity contribution is 5.91. The van der Waals surface area contributed by atoms with Crippen molar-refractivity contribution < 1.29 is 36.9 Å². The van der Waals surface area contributed by atoms with Gasteiger partial charge in [-0.3, -0.25) is 4.98 Å². The molecule has 1 heterocycles. The van der Waals surface area contributed by atoms with E-state index in [1.807, 2.05) is 0 Å². The summed E-state index contributed by atoms with van der Waals surface area (Å²) in [6, 6.07) is 0. The first-order chi connectivity index (χ1) is 8.30. The third kappa shape index (κ3) is 2.99. The quantitative estimate of drug-likeness (QED) is 0.848. The molecule has 9 heteroatoms. The summed E-state index contributed by atoms with van der Waals surface area (Å²) in [6.45, 7) is -1.36. The summed E-state index contributed by atoms with van der Waals surface area (Å²) >= 11 is 0. The monoisotopic (exact) mass is 269 g/mol. The second-order valence-corrected chi connectivity index (χ2v) is 2.97. The molecule has 100 valence electrons. The fourth-order valence-corrected chi connectivity index (χ4v) is 1.18. The molecule has 0 aliphatic carbocycles. The Morgan fingerprint density at radius 3 is 2.44 bits per heavy atom. The van der Waals surface area contributed by atoms with Gasteiger partial charge in [-0.05, 0) is 0 Å². The van der Waals surface area contributed by atoms with Crippen LogP contribution in [0.4, 0.5) is 17.6 Å². The average molecular weight is 269 g/mol. The number of aromatic nitrogens is 1. The van der Waals surface area contributed by atoms with E-state index in [4.69, 9.17) is 5.11 Å². The number of pyridine rings is 1. The number of hydrogen-bond acceptors (Lipinski definition) is 4. The third-order valence-corrected chi connectivity index (χ3v) is 1.84.